The van der Waals surface area contributed by atoms with Gasteiger partial charge in [0, 0.05) is 0 Å². The average Bonchev–Trinajstić information content (AvgIpc) is 2.36. The van der Waals surface area contributed by atoms with Gasteiger partial charge in [0.25, 0.3) is 10.0 Å². The van der Waals surface area contributed by atoms with Crippen LogP contribution in [0.15, 0.2) is 41.3 Å². The smallest absolute Gasteiger partial charge is 0.262 e. The van der Waals surface area contributed by atoms with Crippen LogP contribution in [-0.2, 0) is 10.0 Å². The van der Waals surface area contributed by atoms with E-state index in [1.807, 2.05) is 0 Å². The van der Waals surface area contributed by atoms with Crippen molar-refractivity contribution in [2.75, 3.05) is 10.5 Å². The summed E-state index contributed by atoms with van der Waals surface area (Å²) in [5.41, 5.74) is 5.70. The van der Waals surface area contributed by atoms with Gasteiger partial charge in [0.05, 0.1) is 21.3 Å². The first kappa shape index (κ1) is 14.6. The van der Waals surface area contributed by atoms with Gasteiger partial charge in [-0.2, -0.15) is 0 Å². The molecule has 0 aliphatic rings. The molecule has 0 radical (unpaired) electrons. The van der Waals surface area contributed by atoms with Crippen molar-refractivity contribution in [3.8, 4) is 0 Å². The first-order chi connectivity index (χ1) is 9.31. The monoisotopic (exact) mass is 314 g/mol. The van der Waals surface area contributed by atoms with E-state index in [0.717, 1.165) is 12.1 Å². The lowest BCUT2D eigenvalue weighted by atomic mass is 10.2. The van der Waals surface area contributed by atoms with Crippen molar-refractivity contribution in [1.29, 1.82) is 0 Å². The number of para-hydroxylation sites is 1. The Bertz CT molecular complexity index is 763. The van der Waals surface area contributed by atoms with E-state index in [0.29, 0.717) is 0 Å². The first-order valence-corrected chi connectivity index (χ1v) is 7.50. The third kappa shape index (κ3) is 2.86. The Labute approximate surface area is 121 Å². The Morgan fingerprint density at radius 3 is 2.55 bits per heavy atom. The SMILES string of the molecule is Cc1cc(F)c(N)cc1S(=O)(=O)Nc1ccccc1Cl. The van der Waals surface area contributed by atoms with E-state index in [4.69, 9.17) is 17.3 Å². The van der Waals surface area contributed by atoms with Crippen LogP contribution >= 0.6 is 11.6 Å². The van der Waals surface area contributed by atoms with Crippen LogP contribution in [0.2, 0.25) is 5.02 Å². The standard InChI is InChI=1S/C13H12ClFN2O2S/c1-8-6-10(15)11(16)7-13(8)20(18,19)17-12-5-3-2-4-9(12)14/h2-7,17H,16H2,1H3. The van der Waals surface area contributed by atoms with Crippen LogP contribution in [0, 0.1) is 12.7 Å². The molecule has 2 rings (SSSR count). The van der Waals surface area contributed by atoms with E-state index in [2.05, 4.69) is 4.72 Å². The van der Waals surface area contributed by atoms with E-state index >= 15 is 0 Å². The van der Waals surface area contributed by atoms with Crippen molar-refractivity contribution in [2.45, 2.75) is 11.8 Å². The van der Waals surface area contributed by atoms with Crippen molar-refractivity contribution in [3.05, 3.63) is 52.8 Å². The second-order valence-electron chi connectivity index (χ2n) is 4.22. The second kappa shape index (κ2) is 5.30. The first-order valence-electron chi connectivity index (χ1n) is 5.64. The fourth-order valence-corrected chi connectivity index (χ4v) is 3.28. The van der Waals surface area contributed by atoms with E-state index in [1.54, 1.807) is 18.2 Å². The largest absolute Gasteiger partial charge is 0.396 e. The summed E-state index contributed by atoms with van der Waals surface area (Å²) >= 11 is 5.90. The van der Waals surface area contributed by atoms with E-state index in [1.165, 1.54) is 13.0 Å². The Morgan fingerprint density at radius 2 is 1.90 bits per heavy atom. The molecular formula is C13H12ClFN2O2S. The Hall–Kier alpha value is -1.79. The van der Waals surface area contributed by atoms with Crippen LogP contribution in [0.25, 0.3) is 0 Å². The minimum absolute atomic E-state index is 0.0867. The maximum Gasteiger partial charge on any atom is 0.262 e. The number of halogens is 2. The van der Waals surface area contributed by atoms with Gasteiger partial charge in [0.1, 0.15) is 5.82 Å². The zero-order valence-electron chi connectivity index (χ0n) is 10.5. The van der Waals surface area contributed by atoms with E-state index in [9.17, 15) is 12.8 Å². The van der Waals surface area contributed by atoms with Gasteiger partial charge in [-0.15, -0.1) is 0 Å². The van der Waals surface area contributed by atoms with Crippen molar-refractivity contribution in [3.63, 3.8) is 0 Å². The average molecular weight is 315 g/mol. The highest BCUT2D eigenvalue weighted by atomic mass is 35.5. The Morgan fingerprint density at radius 1 is 1.25 bits per heavy atom. The molecule has 4 nitrogen and oxygen atoms in total. The highest BCUT2D eigenvalue weighted by Gasteiger charge is 2.19. The molecule has 0 aliphatic heterocycles. The van der Waals surface area contributed by atoms with Gasteiger partial charge in [-0.3, -0.25) is 4.72 Å². The molecule has 0 fully saturated rings. The minimum atomic E-state index is -3.89. The van der Waals surface area contributed by atoms with Gasteiger partial charge in [0.15, 0.2) is 0 Å². The van der Waals surface area contributed by atoms with Gasteiger partial charge in [-0.05, 0) is 36.8 Å². The van der Waals surface area contributed by atoms with Crippen molar-refractivity contribution in [1.82, 2.24) is 0 Å². The van der Waals surface area contributed by atoms with Crippen LogP contribution in [0.4, 0.5) is 15.8 Å². The zero-order valence-corrected chi connectivity index (χ0v) is 12.1. The fraction of sp³-hybridized carbons (Fsp3) is 0.0769. The van der Waals surface area contributed by atoms with Gasteiger partial charge in [0.2, 0.25) is 0 Å². The third-order valence-corrected chi connectivity index (χ3v) is 4.54. The van der Waals surface area contributed by atoms with Crippen molar-refractivity contribution < 1.29 is 12.8 Å². The Balaban J connectivity index is 2.47. The van der Waals surface area contributed by atoms with Crippen LogP contribution < -0.4 is 10.5 Å². The number of benzene rings is 2. The lowest BCUT2D eigenvalue weighted by molar-refractivity contribution is 0.599. The number of nitrogens with two attached hydrogens (primary N) is 1. The maximum atomic E-state index is 13.3. The molecule has 0 atom stereocenters. The highest BCUT2D eigenvalue weighted by Crippen LogP contribution is 2.27. The number of rotatable bonds is 3. The molecule has 0 heterocycles. The molecule has 0 aromatic heterocycles. The topological polar surface area (TPSA) is 72.2 Å². The number of nitrogen functional groups attached to an aromatic ring is 1. The van der Waals surface area contributed by atoms with Gasteiger partial charge >= 0.3 is 0 Å². The van der Waals surface area contributed by atoms with Gasteiger partial charge in [-0.25, -0.2) is 12.8 Å². The third-order valence-electron chi connectivity index (χ3n) is 2.70. The summed E-state index contributed by atoms with van der Waals surface area (Å²) in [4.78, 5) is -0.0867. The number of nitrogens with one attached hydrogen (secondary N) is 1. The lowest BCUT2D eigenvalue weighted by Crippen LogP contribution is -2.15. The molecule has 7 heteroatoms. The summed E-state index contributed by atoms with van der Waals surface area (Å²) in [5.74, 6) is -0.654. The summed E-state index contributed by atoms with van der Waals surface area (Å²) < 4.78 is 40.2. The van der Waals surface area contributed by atoms with Gasteiger partial charge < -0.3 is 5.73 Å². The predicted molar refractivity (Wildman–Crippen MR) is 77.8 cm³/mol. The molecule has 0 unspecified atom stereocenters. The second-order valence-corrected chi connectivity index (χ2v) is 6.28. The summed E-state index contributed by atoms with van der Waals surface area (Å²) in [6.07, 6.45) is 0. The lowest BCUT2D eigenvalue weighted by Gasteiger charge is -2.12. The van der Waals surface area contributed by atoms with Crippen LogP contribution in [0.5, 0.6) is 0 Å². The van der Waals surface area contributed by atoms with Crippen LogP contribution in [-0.4, -0.2) is 8.42 Å². The number of anilines is 2. The molecule has 0 saturated carbocycles. The Kier molecular flexibility index (Phi) is 3.87. The van der Waals surface area contributed by atoms with E-state index in [-0.39, 0.29) is 26.9 Å². The zero-order chi connectivity index (χ0) is 14.9. The summed E-state index contributed by atoms with van der Waals surface area (Å²) in [5, 5.41) is 0.267. The maximum absolute atomic E-state index is 13.3. The van der Waals surface area contributed by atoms with Crippen LogP contribution in [0.1, 0.15) is 5.56 Å². The van der Waals surface area contributed by atoms with E-state index < -0.39 is 15.8 Å². The molecule has 3 N–H and O–H groups in total. The molecule has 0 amide bonds. The van der Waals surface area contributed by atoms with Gasteiger partial charge in [-0.1, -0.05) is 23.7 Å². The molecule has 0 saturated heterocycles. The number of hydrogen-bond acceptors (Lipinski definition) is 3. The molecule has 0 aliphatic carbocycles. The molecule has 106 valence electrons. The fourth-order valence-electron chi connectivity index (χ4n) is 1.70. The van der Waals surface area contributed by atoms with Crippen LogP contribution in [0.3, 0.4) is 0 Å². The molecule has 0 bridgehead atoms. The van der Waals surface area contributed by atoms with Crippen molar-refractivity contribution >= 4 is 33.0 Å². The quantitative estimate of drug-likeness (QED) is 0.855. The summed E-state index contributed by atoms with van der Waals surface area (Å²) in [6.45, 7) is 1.49. The molecular weight excluding hydrogens is 303 g/mol. The number of hydrogen-bond donors (Lipinski definition) is 2. The molecule has 20 heavy (non-hydrogen) atoms. The minimum Gasteiger partial charge on any atom is -0.396 e. The van der Waals surface area contributed by atoms with Crippen molar-refractivity contribution in [2.24, 2.45) is 0 Å². The number of aryl methyl sites for hydroxylation is 1. The summed E-state index contributed by atoms with van der Waals surface area (Å²) in [7, 11) is -3.89. The molecule has 2 aromatic rings. The normalized spacial score (nSPS) is 11.3. The highest BCUT2D eigenvalue weighted by molar-refractivity contribution is 7.92. The summed E-state index contributed by atoms with van der Waals surface area (Å²) in [6, 6.07) is 8.59. The molecule has 2 aromatic carbocycles. The molecule has 0 spiro atoms. The number of sulfonamides is 1. The predicted octanol–water partition coefficient (Wildman–Crippen LogP) is 3.17.